The van der Waals surface area contributed by atoms with E-state index in [1.165, 1.54) is 6.20 Å². The number of imidazole rings is 1. The van der Waals surface area contributed by atoms with Crippen LogP contribution in [0.5, 0.6) is 0 Å². The lowest BCUT2D eigenvalue weighted by molar-refractivity contribution is 0.573. The molecule has 2 rings (SSSR count). The van der Waals surface area contributed by atoms with Gasteiger partial charge < -0.3 is 10.7 Å². The number of benzene rings is 1. The SMILES string of the molecule is CCc1ncc(S(=O)(=O)NC(C(=N)N)c2ccccc2)[nH]1. The lowest BCUT2D eigenvalue weighted by Crippen LogP contribution is -2.37. The molecule has 0 fully saturated rings. The molecule has 0 amide bonds. The van der Waals surface area contributed by atoms with Gasteiger partial charge >= 0.3 is 0 Å². The molecule has 0 spiro atoms. The van der Waals surface area contributed by atoms with Gasteiger partial charge in [-0.2, -0.15) is 4.72 Å². The maximum Gasteiger partial charge on any atom is 0.258 e. The first-order valence-electron chi connectivity index (χ1n) is 6.39. The number of hydrogen-bond acceptors (Lipinski definition) is 4. The lowest BCUT2D eigenvalue weighted by Gasteiger charge is -2.17. The number of nitrogens with two attached hydrogens (primary N) is 1. The van der Waals surface area contributed by atoms with Crippen molar-refractivity contribution in [1.82, 2.24) is 14.7 Å². The van der Waals surface area contributed by atoms with Crippen LogP contribution >= 0.6 is 0 Å². The second-order valence-corrected chi connectivity index (χ2v) is 6.15. The highest BCUT2D eigenvalue weighted by Crippen LogP contribution is 2.16. The van der Waals surface area contributed by atoms with E-state index >= 15 is 0 Å². The topological polar surface area (TPSA) is 125 Å². The molecule has 7 nitrogen and oxygen atoms in total. The van der Waals surface area contributed by atoms with Crippen LogP contribution < -0.4 is 10.5 Å². The summed E-state index contributed by atoms with van der Waals surface area (Å²) in [5.41, 5.74) is 6.12. The summed E-state index contributed by atoms with van der Waals surface area (Å²) in [7, 11) is -3.83. The minimum atomic E-state index is -3.83. The normalized spacial score (nSPS) is 13.0. The molecule has 1 heterocycles. The second kappa shape index (κ2) is 6.06. The van der Waals surface area contributed by atoms with Crippen molar-refractivity contribution in [3.63, 3.8) is 0 Å². The maximum absolute atomic E-state index is 12.3. The summed E-state index contributed by atoms with van der Waals surface area (Å²) >= 11 is 0. The number of H-pyrrole nitrogens is 1. The summed E-state index contributed by atoms with van der Waals surface area (Å²) in [5.74, 6) is 0.300. The fourth-order valence-corrected chi connectivity index (χ4v) is 2.98. The van der Waals surface area contributed by atoms with E-state index in [4.69, 9.17) is 11.1 Å². The number of hydrogen-bond donors (Lipinski definition) is 4. The smallest absolute Gasteiger partial charge is 0.258 e. The van der Waals surface area contributed by atoms with Crippen molar-refractivity contribution in [2.75, 3.05) is 0 Å². The molecule has 1 atom stereocenters. The van der Waals surface area contributed by atoms with Crippen molar-refractivity contribution < 1.29 is 8.42 Å². The molecule has 1 unspecified atom stereocenters. The Morgan fingerprint density at radius 2 is 2.10 bits per heavy atom. The number of amidine groups is 1. The van der Waals surface area contributed by atoms with Crippen molar-refractivity contribution in [3.05, 3.63) is 47.9 Å². The molecular weight excluding hydrogens is 290 g/mol. The molecule has 1 aromatic carbocycles. The van der Waals surface area contributed by atoms with Gasteiger partial charge in [-0.1, -0.05) is 37.3 Å². The summed E-state index contributed by atoms with van der Waals surface area (Å²) in [5, 5.41) is 7.56. The summed E-state index contributed by atoms with van der Waals surface area (Å²) < 4.78 is 27.0. The van der Waals surface area contributed by atoms with Crippen LogP contribution in [0.1, 0.15) is 24.4 Å². The molecule has 21 heavy (non-hydrogen) atoms. The lowest BCUT2D eigenvalue weighted by atomic mass is 10.1. The number of nitrogens with zero attached hydrogens (tertiary/aromatic N) is 1. The van der Waals surface area contributed by atoms with E-state index in [0.29, 0.717) is 17.8 Å². The Labute approximate surface area is 123 Å². The molecule has 112 valence electrons. The summed E-state index contributed by atoms with van der Waals surface area (Å²) in [6, 6.07) is 7.82. The number of nitrogens with one attached hydrogen (secondary N) is 3. The van der Waals surface area contributed by atoms with E-state index in [1.54, 1.807) is 30.3 Å². The van der Waals surface area contributed by atoms with E-state index < -0.39 is 16.1 Å². The van der Waals surface area contributed by atoms with Gasteiger partial charge in [0.25, 0.3) is 10.0 Å². The number of rotatable bonds is 6. The maximum atomic E-state index is 12.3. The summed E-state index contributed by atoms with van der Waals surface area (Å²) in [4.78, 5) is 6.69. The molecule has 0 saturated carbocycles. The third kappa shape index (κ3) is 3.47. The molecule has 0 saturated heterocycles. The predicted octanol–water partition coefficient (Wildman–Crippen LogP) is 0.928. The fourth-order valence-electron chi connectivity index (χ4n) is 1.83. The van der Waals surface area contributed by atoms with E-state index in [0.717, 1.165) is 0 Å². The van der Waals surface area contributed by atoms with Gasteiger partial charge in [-0.05, 0) is 5.56 Å². The second-order valence-electron chi connectivity index (χ2n) is 4.47. The van der Waals surface area contributed by atoms with Gasteiger partial charge in [0.2, 0.25) is 0 Å². The standard InChI is InChI=1S/C13H17N5O2S/c1-2-10-16-8-11(17-10)21(19,20)18-12(13(14)15)9-6-4-3-5-7-9/h3-8,12,18H,2H2,1H3,(H3,14,15)(H,16,17). The molecular formula is C13H17N5O2S. The first-order valence-corrected chi connectivity index (χ1v) is 7.87. The molecule has 5 N–H and O–H groups in total. The van der Waals surface area contributed by atoms with Gasteiger partial charge in [0.05, 0.1) is 6.20 Å². The Balaban J connectivity index is 2.30. The van der Waals surface area contributed by atoms with Gasteiger partial charge in [-0.15, -0.1) is 0 Å². The van der Waals surface area contributed by atoms with Crippen LogP contribution in [-0.2, 0) is 16.4 Å². The van der Waals surface area contributed by atoms with Crippen LogP contribution in [0.3, 0.4) is 0 Å². The zero-order valence-corrected chi connectivity index (χ0v) is 12.3. The molecule has 1 aromatic heterocycles. The molecule has 0 bridgehead atoms. The average Bonchev–Trinajstić information content (AvgIpc) is 2.95. The van der Waals surface area contributed by atoms with E-state index in [2.05, 4.69) is 14.7 Å². The van der Waals surface area contributed by atoms with Crippen LogP contribution in [0.15, 0.2) is 41.6 Å². The summed E-state index contributed by atoms with van der Waals surface area (Å²) in [6.45, 7) is 1.87. The largest absolute Gasteiger partial charge is 0.386 e. The van der Waals surface area contributed by atoms with Gasteiger partial charge in [0, 0.05) is 6.42 Å². The predicted molar refractivity (Wildman–Crippen MR) is 79.4 cm³/mol. The van der Waals surface area contributed by atoms with E-state index in [1.807, 2.05) is 6.92 Å². The van der Waals surface area contributed by atoms with Crippen molar-refractivity contribution >= 4 is 15.9 Å². The Hall–Kier alpha value is -2.19. The van der Waals surface area contributed by atoms with E-state index in [-0.39, 0.29) is 10.9 Å². The van der Waals surface area contributed by atoms with Crippen molar-refractivity contribution in [2.24, 2.45) is 5.73 Å². The quantitative estimate of drug-likeness (QED) is 0.468. The number of sulfonamides is 1. The Morgan fingerprint density at radius 3 is 2.62 bits per heavy atom. The molecule has 8 heteroatoms. The molecule has 0 radical (unpaired) electrons. The van der Waals surface area contributed by atoms with Crippen LogP contribution in [0.25, 0.3) is 0 Å². The third-order valence-electron chi connectivity index (χ3n) is 2.95. The van der Waals surface area contributed by atoms with Gasteiger partial charge in [0.1, 0.15) is 17.7 Å². The Morgan fingerprint density at radius 1 is 1.43 bits per heavy atom. The Kier molecular flexibility index (Phi) is 4.39. The third-order valence-corrected chi connectivity index (χ3v) is 4.28. The highest BCUT2D eigenvalue weighted by atomic mass is 32.2. The van der Waals surface area contributed by atoms with E-state index in [9.17, 15) is 8.42 Å². The molecule has 0 aliphatic rings. The highest BCUT2D eigenvalue weighted by Gasteiger charge is 2.25. The van der Waals surface area contributed by atoms with Gasteiger partial charge in [0.15, 0.2) is 5.03 Å². The van der Waals surface area contributed by atoms with Crippen LogP contribution in [0, 0.1) is 5.41 Å². The van der Waals surface area contributed by atoms with Crippen LogP contribution in [-0.4, -0.2) is 24.2 Å². The number of aromatic nitrogens is 2. The summed E-state index contributed by atoms with van der Waals surface area (Å²) in [6.07, 6.45) is 1.85. The minimum Gasteiger partial charge on any atom is -0.386 e. The van der Waals surface area contributed by atoms with Gasteiger partial charge in [-0.3, -0.25) is 5.41 Å². The average molecular weight is 307 g/mol. The molecule has 0 aliphatic carbocycles. The monoisotopic (exact) mass is 307 g/mol. The van der Waals surface area contributed by atoms with Crippen LogP contribution in [0.4, 0.5) is 0 Å². The number of aryl methyl sites for hydroxylation is 1. The highest BCUT2D eigenvalue weighted by molar-refractivity contribution is 7.89. The zero-order valence-electron chi connectivity index (χ0n) is 11.5. The molecule has 2 aromatic rings. The minimum absolute atomic E-state index is 0.0402. The molecule has 0 aliphatic heterocycles. The van der Waals surface area contributed by atoms with Crippen LogP contribution in [0.2, 0.25) is 0 Å². The van der Waals surface area contributed by atoms with Gasteiger partial charge in [-0.25, -0.2) is 13.4 Å². The Bertz CT molecular complexity index is 724. The number of aromatic amines is 1. The fraction of sp³-hybridized carbons (Fsp3) is 0.231. The van der Waals surface area contributed by atoms with Crippen molar-refractivity contribution in [2.45, 2.75) is 24.4 Å². The first-order chi connectivity index (χ1) is 9.94. The van der Waals surface area contributed by atoms with Crippen molar-refractivity contribution in [1.29, 1.82) is 5.41 Å². The van der Waals surface area contributed by atoms with Crippen molar-refractivity contribution in [3.8, 4) is 0 Å². The first kappa shape index (κ1) is 15.2. The zero-order chi connectivity index (χ0) is 15.5.